The highest BCUT2D eigenvalue weighted by atomic mass is 35.5. The number of anilines is 1. The first kappa shape index (κ1) is 16.6. The highest BCUT2D eigenvalue weighted by Gasteiger charge is 2.17. The van der Waals surface area contributed by atoms with Crippen LogP contribution in [-0.2, 0) is 4.74 Å². The van der Waals surface area contributed by atoms with Crippen molar-refractivity contribution in [3.8, 4) is 10.6 Å². The number of nitrogens with one attached hydrogen (secondary N) is 1. The zero-order chi connectivity index (χ0) is 17.3. The van der Waals surface area contributed by atoms with Crippen LogP contribution in [0.3, 0.4) is 0 Å². The number of hydrogen-bond donors (Lipinski definition) is 1. The summed E-state index contributed by atoms with van der Waals surface area (Å²) in [6.07, 6.45) is 0.655. The molecule has 1 aromatic carbocycles. The predicted molar refractivity (Wildman–Crippen MR) is 93.1 cm³/mol. The molecule has 0 radical (unpaired) electrons. The van der Waals surface area contributed by atoms with Crippen molar-refractivity contribution in [2.45, 2.75) is 20.0 Å². The summed E-state index contributed by atoms with van der Waals surface area (Å²) in [7, 11) is 0. The predicted octanol–water partition coefficient (Wildman–Crippen LogP) is 5.11. The van der Waals surface area contributed by atoms with Crippen molar-refractivity contribution >= 4 is 45.1 Å². The molecule has 0 aliphatic carbocycles. The van der Waals surface area contributed by atoms with E-state index in [9.17, 15) is 9.18 Å². The number of ether oxygens (including phenoxy) is 1. The monoisotopic (exact) mass is 365 g/mol. The maximum Gasteiger partial charge on any atom is 0.413 e. The fourth-order valence-corrected chi connectivity index (χ4v) is 3.47. The number of fused-ring (bicyclic) bond motifs is 1. The number of benzene rings is 1. The second-order valence-electron chi connectivity index (χ2n) is 5.20. The molecule has 3 rings (SSSR count). The lowest BCUT2D eigenvalue weighted by Crippen LogP contribution is -2.18. The first-order valence-corrected chi connectivity index (χ1v) is 8.32. The molecule has 0 aliphatic rings. The zero-order valence-electron chi connectivity index (χ0n) is 12.8. The highest BCUT2D eigenvalue weighted by molar-refractivity contribution is 7.22. The molecule has 0 spiro atoms. The van der Waals surface area contributed by atoms with E-state index < -0.39 is 11.9 Å². The number of carbonyl (C=O) groups excluding carboxylic acids is 1. The minimum Gasteiger partial charge on any atom is -0.447 e. The maximum absolute atomic E-state index is 14.1. The molecule has 2 heterocycles. The topological polar surface area (TPSA) is 64.1 Å². The SMILES string of the molecule is CC(C)OC(=O)Nc1nccc2nc(-c3c(F)cccc3Cl)sc12. The number of carbonyl (C=O) groups is 1. The van der Waals surface area contributed by atoms with Crippen molar-refractivity contribution in [2.24, 2.45) is 0 Å². The van der Waals surface area contributed by atoms with Crippen LogP contribution in [0.5, 0.6) is 0 Å². The van der Waals surface area contributed by atoms with Crippen LogP contribution in [0, 0.1) is 5.82 Å². The molecule has 0 aliphatic heterocycles. The van der Waals surface area contributed by atoms with E-state index in [1.807, 2.05) is 0 Å². The molecule has 124 valence electrons. The van der Waals surface area contributed by atoms with Crippen molar-refractivity contribution in [3.63, 3.8) is 0 Å². The zero-order valence-corrected chi connectivity index (χ0v) is 14.4. The van der Waals surface area contributed by atoms with E-state index >= 15 is 0 Å². The molecular formula is C16H13ClFN3O2S. The third kappa shape index (κ3) is 3.32. The molecule has 0 atom stereocenters. The molecule has 0 fully saturated rings. The van der Waals surface area contributed by atoms with Gasteiger partial charge in [0.2, 0.25) is 0 Å². The largest absolute Gasteiger partial charge is 0.447 e. The van der Waals surface area contributed by atoms with Crippen LogP contribution in [0.25, 0.3) is 20.8 Å². The smallest absolute Gasteiger partial charge is 0.413 e. The molecule has 2 aromatic heterocycles. The number of halogens is 2. The average Bonchev–Trinajstić information content (AvgIpc) is 2.90. The second-order valence-corrected chi connectivity index (χ2v) is 6.61. The van der Waals surface area contributed by atoms with Gasteiger partial charge in [0.05, 0.1) is 26.9 Å². The van der Waals surface area contributed by atoms with Crippen molar-refractivity contribution in [3.05, 3.63) is 41.3 Å². The standard InChI is InChI=1S/C16H13ClFN3O2S/c1-8(2)23-16(22)21-14-13-11(6-7-19-14)20-15(24-13)12-9(17)4-3-5-10(12)18/h3-8H,1-2H3,(H,19,21,22). The van der Waals surface area contributed by atoms with Gasteiger partial charge in [0.25, 0.3) is 0 Å². The number of nitrogens with zero attached hydrogens (tertiary/aromatic N) is 2. The summed E-state index contributed by atoms with van der Waals surface area (Å²) in [6.45, 7) is 3.50. The Hall–Kier alpha value is -2.25. The van der Waals surface area contributed by atoms with Gasteiger partial charge in [-0.25, -0.2) is 19.2 Å². The lowest BCUT2D eigenvalue weighted by atomic mass is 10.2. The lowest BCUT2D eigenvalue weighted by Gasteiger charge is -2.08. The van der Waals surface area contributed by atoms with Crippen molar-refractivity contribution in [2.75, 3.05) is 5.32 Å². The third-order valence-electron chi connectivity index (χ3n) is 3.04. The Bertz CT molecular complexity index is 893. The first-order valence-electron chi connectivity index (χ1n) is 7.13. The van der Waals surface area contributed by atoms with Crippen LogP contribution in [-0.4, -0.2) is 22.2 Å². The normalized spacial score (nSPS) is 11.0. The molecule has 0 saturated carbocycles. The van der Waals surface area contributed by atoms with Crippen molar-refractivity contribution in [1.82, 2.24) is 9.97 Å². The average molecular weight is 366 g/mol. The summed E-state index contributed by atoms with van der Waals surface area (Å²) >= 11 is 7.29. The second kappa shape index (κ2) is 6.70. The van der Waals surface area contributed by atoms with Crippen LogP contribution in [0.4, 0.5) is 15.0 Å². The Kier molecular flexibility index (Phi) is 4.64. The Balaban J connectivity index is 2.03. The van der Waals surface area contributed by atoms with Gasteiger partial charge in [-0.2, -0.15) is 0 Å². The Morgan fingerprint density at radius 3 is 2.88 bits per heavy atom. The molecule has 3 aromatic rings. The van der Waals surface area contributed by atoms with Gasteiger partial charge in [-0.15, -0.1) is 11.3 Å². The number of thiazole rings is 1. The number of pyridine rings is 1. The molecule has 0 bridgehead atoms. The Morgan fingerprint density at radius 2 is 2.17 bits per heavy atom. The minimum absolute atomic E-state index is 0.232. The van der Waals surface area contributed by atoms with E-state index in [1.54, 1.807) is 26.0 Å². The summed E-state index contributed by atoms with van der Waals surface area (Å²) in [5, 5.41) is 3.27. The molecule has 5 nitrogen and oxygen atoms in total. The van der Waals surface area contributed by atoms with E-state index in [1.165, 1.54) is 29.7 Å². The summed E-state index contributed by atoms with van der Waals surface area (Å²) in [4.78, 5) is 20.3. The quantitative estimate of drug-likeness (QED) is 0.700. The van der Waals surface area contributed by atoms with E-state index in [0.29, 0.717) is 21.0 Å². The van der Waals surface area contributed by atoms with Gasteiger partial charge < -0.3 is 4.74 Å². The fraction of sp³-hybridized carbons (Fsp3) is 0.188. The van der Waals surface area contributed by atoms with Gasteiger partial charge in [0.15, 0.2) is 5.82 Å². The molecule has 24 heavy (non-hydrogen) atoms. The minimum atomic E-state index is -0.608. The molecule has 1 N–H and O–H groups in total. The van der Waals surface area contributed by atoms with Crippen LogP contribution >= 0.6 is 22.9 Å². The molecular weight excluding hydrogens is 353 g/mol. The van der Waals surface area contributed by atoms with Crippen molar-refractivity contribution < 1.29 is 13.9 Å². The molecule has 8 heteroatoms. The van der Waals surface area contributed by atoms with E-state index in [-0.39, 0.29) is 16.7 Å². The maximum atomic E-state index is 14.1. The van der Waals surface area contributed by atoms with Crippen LogP contribution in [0.15, 0.2) is 30.5 Å². The van der Waals surface area contributed by atoms with E-state index in [2.05, 4.69) is 15.3 Å². The summed E-state index contributed by atoms with van der Waals surface area (Å²) < 4.78 is 19.8. The third-order valence-corrected chi connectivity index (χ3v) is 4.45. The van der Waals surface area contributed by atoms with Crippen molar-refractivity contribution in [1.29, 1.82) is 0 Å². The van der Waals surface area contributed by atoms with Gasteiger partial charge in [0.1, 0.15) is 10.8 Å². The molecule has 1 amide bonds. The lowest BCUT2D eigenvalue weighted by molar-refractivity contribution is 0.130. The number of aromatic nitrogens is 2. The molecule has 0 unspecified atom stereocenters. The van der Waals surface area contributed by atoms with Crippen LogP contribution in [0.1, 0.15) is 13.8 Å². The van der Waals surface area contributed by atoms with E-state index in [4.69, 9.17) is 16.3 Å². The van der Waals surface area contributed by atoms with Crippen LogP contribution in [0.2, 0.25) is 5.02 Å². The summed E-state index contributed by atoms with van der Waals surface area (Å²) in [5.74, 6) is -0.141. The number of hydrogen-bond acceptors (Lipinski definition) is 5. The summed E-state index contributed by atoms with van der Waals surface area (Å²) in [5.41, 5.74) is 0.820. The van der Waals surface area contributed by atoms with Crippen LogP contribution < -0.4 is 5.32 Å². The highest BCUT2D eigenvalue weighted by Crippen LogP contribution is 2.38. The van der Waals surface area contributed by atoms with Gasteiger partial charge in [0, 0.05) is 6.20 Å². The number of amides is 1. The summed E-state index contributed by atoms with van der Waals surface area (Å²) in [6, 6.07) is 6.14. The van der Waals surface area contributed by atoms with E-state index in [0.717, 1.165) is 0 Å². The first-order chi connectivity index (χ1) is 11.5. The Morgan fingerprint density at radius 1 is 1.38 bits per heavy atom. The number of rotatable bonds is 3. The Labute approximate surface area is 146 Å². The van der Waals surface area contributed by atoms with Gasteiger partial charge in [-0.05, 0) is 32.0 Å². The molecule has 0 saturated heterocycles. The van der Waals surface area contributed by atoms with Gasteiger partial charge >= 0.3 is 6.09 Å². The van der Waals surface area contributed by atoms with Gasteiger partial charge in [-0.3, -0.25) is 5.32 Å². The van der Waals surface area contributed by atoms with Gasteiger partial charge in [-0.1, -0.05) is 17.7 Å². The fourth-order valence-electron chi connectivity index (χ4n) is 2.09.